The number of hydrogen-bond acceptors (Lipinski definition) is 6. The van der Waals surface area contributed by atoms with Gasteiger partial charge >= 0.3 is 11.9 Å². The lowest BCUT2D eigenvalue weighted by molar-refractivity contribution is -0.141. The number of carbonyl (C=O) groups excluding carboxylic acids is 2. The Hall–Kier alpha value is -0.820. The molecule has 0 aliphatic carbocycles. The van der Waals surface area contributed by atoms with Crippen LogP contribution in [0, 0.1) is 0 Å². The Morgan fingerprint density at radius 3 is 1.45 bits per heavy atom. The fourth-order valence-corrected chi connectivity index (χ4v) is 1.17. The maximum absolute atomic E-state index is 11.2. The maximum Gasteiger partial charge on any atom is 0.331 e. The second kappa shape index (κ2) is 14.6. The number of hydrogen-bond donors (Lipinski definition) is 0. The van der Waals surface area contributed by atoms with Crippen LogP contribution >= 0.6 is 23.2 Å². The Kier molecular flexibility index (Phi) is 14.0. The first-order valence-electron chi connectivity index (χ1n) is 5.99. The molecule has 0 aromatic heterocycles. The Morgan fingerprint density at radius 1 is 0.700 bits per heavy atom. The Bertz CT molecular complexity index is 268. The minimum Gasteiger partial charge on any atom is -0.460 e. The lowest BCUT2D eigenvalue weighted by atomic mass is 10.5. The molecular formula is C12H18Cl2O6. The number of halogens is 2. The summed E-state index contributed by atoms with van der Waals surface area (Å²) < 4.78 is 19.5. The molecule has 0 unspecified atom stereocenters. The number of alkyl halides is 2. The lowest BCUT2D eigenvalue weighted by Gasteiger charge is -2.03. The van der Waals surface area contributed by atoms with Gasteiger partial charge in [0.2, 0.25) is 0 Å². The smallest absolute Gasteiger partial charge is 0.331 e. The van der Waals surface area contributed by atoms with Gasteiger partial charge in [-0.2, -0.15) is 0 Å². The van der Waals surface area contributed by atoms with E-state index in [1.54, 1.807) is 0 Å². The maximum atomic E-state index is 11.2. The second-order valence-electron chi connectivity index (χ2n) is 3.27. The van der Waals surface area contributed by atoms with Crippen molar-refractivity contribution in [2.24, 2.45) is 0 Å². The Morgan fingerprint density at radius 2 is 1.10 bits per heavy atom. The summed E-state index contributed by atoms with van der Waals surface area (Å²) in [6, 6.07) is 0. The van der Waals surface area contributed by atoms with E-state index in [0.29, 0.717) is 25.0 Å². The minimum absolute atomic E-state index is 0.0986. The molecule has 8 heteroatoms. The van der Waals surface area contributed by atoms with Crippen LogP contribution in [0.15, 0.2) is 12.2 Å². The van der Waals surface area contributed by atoms with Crippen molar-refractivity contribution in [3.63, 3.8) is 0 Å². The van der Waals surface area contributed by atoms with Crippen LogP contribution in [0.1, 0.15) is 0 Å². The Balaban J connectivity index is 3.54. The van der Waals surface area contributed by atoms with Gasteiger partial charge in [-0.3, -0.25) is 0 Å². The molecule has 116 valence electrons. The monoisotopic (exact) mass is 328 g/mol. The van der Waals surface area contributed by atoms with Crippen LogP contribution in [-0.2, 0) is 28.5 Å². The van der Waals surface area contributed by atoms with E-state index in [1.807, 2.05) is 0 Å². The van der Waals surface area contributed by atoms with Crippen molar-refractivity contribution in [3.8, 4) is 0 Å². The standard InChI is InChI=1S/C12H18Cl2O6/c13-3-5-17-7-9-19-11(15)1-2-12(16)20-10-8-18-6-4-14/h1-2H,3-10H2. The predicted octanol–water partition coefficient (Wildman–Crippen LogP) is 1.14. The quantitative estimate of drug-likeness (QED) is 0.231. The fraction of sp³-hybridized carbons (Fsp3) is 0.667. The van der Waals surface area contributed by atoms with E-state index in [-0.39, 0.29) is 26.4 Å². The summed E-state index contributed by atoms with van der Waals surface area (Å²) in [7, 11) is 0. The van der Waals surface area contributed by atoms with Crippen molar-refractivity contribution < 1.29 is 28.5 Å². The molecule has 0 rings (SSSR count). The summed E-state index contributed by atoms with van der Waals surface area (Å²) in [5.41, 5.74) is 0. The van der Waals surface area contributed by atoms with Crippen LogP contribution in [0.25, 0.3) is 0 Å². The molecular weight excluding hydrogens is 311 g/mol. The van der Waals surface area contributed by atoms with Gasteiger partial charge in [0.05, 0.1) is 26.4 Å². The fourth-order valence-electron chi connectivity index (χ4n) is 0.948. The number of carbonyl (C=O) groups is 2. The molecule has 0 radical (unpaired) electrons. The zero-order valence-corrected chi connectivity index (χ0v) is 12.5. The number of ether oxygens (including phenoxy) is 4. The molecule has 6 nitrogen and oxygen atoms in total. The van der Waals surface area contributed by atoms with Crippen molar-refractivity contribution in [1.29, 1.82) is 0 Å². The molecule has 0 aliphatic heterocycles. The van der Waals surface area contributed by atoms with Gasteiger partial charge in [0.25, 0.3) is 0 Å². The first-order chi connectivity index (χ1) is 9.70. The third-order valence-electron chi connectivity index (χ3n) is 1.74. The average Bonchev–Trinajstić information content (AvgIpc) is 2.44. The molecule has 20 heavy (non-hydrogen) atoms. The van der Waals surface area contributed by atoms with Crippen LogP contribution in [-0.4, -0.2) is 63.3 Å². The Labute approximate surface area is 127 Å². The van der Waals surface area contributed by atoms with Crippen LogP contribution in [0.2, 0.25) is 0 Å². The normalized spacial score (nSPS) is 10.7. The highest BCUT2D eigenvalue weighted by atomic mass is 35.5. The summed E-state index contributed by atoms with van der Waals surface area (Å²) >= 11 is 10.8. The zero-order valence-electron chi connectivity index (χ0n) is 11.0. The summed E-state index contributed by atoms with van der Waals surface area (Å²) in [4.78, 5) is 22.3. The van der Waals surface area contributed by atoms with Crippen LogP contribution in [0.4, 0.5) is 0 Å². The van der Waals surface area contributed by atoms with E-state index < -0.39 is 11.9 Å². The van der Waals surface area contributed by atoms with Gasteiger partial charge in [0.1, 0.15) is 13.2 Å². The summed E-state index contributed by atoms with van der Waals surface area (Å²) in [5, 5.41) is 0. The van der Waals surface area contributed by atoms with Crippen molar-refractivity contribution >= 4 is 35.1 Å². The molecule has 0 spiro atoms. The zero-order chi connectivity index (χ0) is 15.1. The number of rotatable bonds is 12. The van der Waals surface area contributed by atoms with Gasteiger partial charge in [0.15, 0.2) is 0 Å². The summed E-state index contributed by atoms with van der Waals surface area (Å²) in [6.45, 7) is 1.51. The van der Waals surface area contributed by atoms with Gasteiger partial charge in [0, 0.05) is 23.9 Å². The summed E-state index contributed by atoms with van der Waals surface area (Å²) in [6.07, 6.45) is 1.98. The topological polar surface area (TPSA) is 71.1 Å². The van der Waals surface area contributed by atoms with Gasteiger partial charge < -0.3 is 18.9 Å². The van der Waals surface area contributed by atoms with Crippen LogP contribution in [0.3, 0.4) is 0 Å². The van der Waals surface area contributed by atoms with E-state index >= 15 is 0 Å². The molecule has 0 amide bonds. The first-order valence-corrected chi connectivity index (χ1v) is 7.06. The molecule has 0 aromatic rings. The second-order valence-corrected chi connectivity index (χ2v) is 4.03. The van der Waals surface area contributed by atoms with Gasteiger partial charge in [-0.1, -0.05) is 0 Å². The van der Waals surface area contributed by atoms with Gasteiger partial charge in [-0.15, -0.1) is 23.2 Å². The molecule has 0 saturated heterocycles. The largest absolute Gasteiger partial charge is 0.460 e. The van der Waals surface area contributed by atoms with E-state index in [9.17, 15) is 9.59 Å². The predicted molar refractivity (Wildman–Crippen MR) is 74.1 cm³/mol. The molecule has 0 heterocycles. The minimum atomic E-state index is -0.644. The molecule has 0 N–H and O–H groups in total. The van der Waals surface area contributed by atoms with Crippen molar-refractivity contribution in [3.05, 3.63) is 12.2 Å². The molecule has 0 bridgehead atoms. The highest BCUT2D eigenvalue weighted by Gasteiger charge is 2.01. The first kappa shape index (κ1) is 19.2. The third kappa shape index (κ3) is 13.6. The SMILES string of the molecule is O=C(C=CC(=O)OCCOCCCl)OCCOCCCl. The highest BCUT2D eigenvalue weighted by Crippen LogP contribution is 1.88. The highest BCUT2D eigenvalue weighted by molar-refractivity contribution is 6.18. The van der Waals surface area contributed by atoms with Crippen molar-refractivity contribution in [1.82, 2.24) is 0 Å². The number of esters is 2. The van der Waals surface area contributed by atoms with Crippen molar-refractivity contribution in [2.45, 2.75) is 0 Å². The molecule has 0 aromatic carbocycles. The lowest BCUT2D eigenvalue weighted by Crippen LogP contribution is -2.11. The van der Waals surface area contributed by atoms with Gasteiger partial charge in [-0.05, 0) is 0 Å². The molecule has 0 atom stereocenters. The van der Waals surface area contributed by atoms with Crippen LogP contribution in [0.5, 0.6) is 0 Å². The van der Waals surface area contributed by atoms with Gasteiger partial charge in [-0.25, -0.2) is 9.59 Å². The van der Waals surface area contributed by atoms with E-state index in [1.165, 1.54) is 0 Å². The molecule has 0 saturated carbocycles. The third-order valence-corrected chi connectivity index (χ3v) is 2.05. The van der Waals surface area contributed by atoms with E-state index in [0.717, 1.165) is 12.2 Å². The average molecular weight is 329 g/mol. The van der Waals surface area contributed by atoms with Crippen LogP contribution < -0.4 is 0 Å². The van der Waals surface area contributed by atoms with E-state index in [2.05, 4.69) is 0 Å². The molecule has 0 aliphatic rings. The molecule has 0 fully saturated rings. The van der Waals surface area contributed by atoms with Crippen molar-refractivity contribution in [2.75, 3.05) is 51.4 Å². The van der Waals surface area contributed by atoms with E-state index in [4.69, 9.17) is 42.1 Å². The summed E-state index contributed by atoms with van der Waals surface area (Å²) in [5.74, 6) is -0.521.